The van der Waals surface area contributed by atoms with Gasteiger partial charge in [-0.05, 0) is 31.0 Å². The molecule has 4 rings (SSSR count). The van der Waals surface area contributed by atoms with Gasteiger partial charge in [0.25, 0.3) is 5.69 Å². The molecule has 2 heterocycles. The fourth-order valence-electron chi connectivity index (χ4n) is 2.91. The van der Waals surface area contributed by atoms with Crippen LogP contribution in [0.25, 0.3) is 0 Å². The summed E-state index contributed by atoms with van der Waals surface area (Å²) in [5.74, 6) is 1.73. The molecule has 2 aromatic heterocycles. The number of aromatic nitrogens is 3. The number of nitro groups is 1. The number of furan rings is 1. The smallest absolute Gasteiger partial charge is 0.274 e. The SMILES string of the molecule is NC(=O)c1ccc(CSc2nnc(C3CC3)n2Cc2ccco2)c([N+](=O)[O-])c1. The minimum Gasteiger partial charge on any atom is -0.467 e. The number of benzene rings is 1. The second-order valence-corrected chi connectivity index (χ2v) is 7.48. The highest BCUT2D eigenvalue weighted by Crippen LogP contribution is 2.40. The van der Waals surface area contributed by atoms with Crippen LogP contribution in [0, 0.1) is 10.1 Å². The number of hydrogen-bond acceptors (Lipinski definition) is 7. The maximum absolute atomic E-state index is 11.4. The number of nitro benzene ring substituents is 1. The van der Waals surface area contributed by atoms with Crippen molar-refractivity contribution in [3.63, 3.8) is 0 Å². The Morgan fingerprint density at radius 2 is 2.18 bits per heavy atom. The Morgan fingerprint density at radius 1 is 1.36 bits per heavy atom. The summed E-state index contributed by atoms with van der Waals surface area (Å²) in [5.41, 5.74) is 5.68. The van der Waals surface area contributed by atoms with Crippen molar-refractivity contribution in [2.75, 3.05) is 0 Å². The molecule has 9 nitrogen and oxygen atoms in total. The Balaban J connectivity index is 1.58. The molecule has 1 saturated carbocycles. The number of thioether (sulfide) groups is 1. The van der Waals surface area contributed by atoms with Gasteiger partial charge in [0.2, 0.25) is 5.91 Å². The first kappa shape index (κ1) is 18.2. The maximum atomic E-state index is 11.4. The standard InChI is InChI=1S/C18H17N5O4S/c19-16(24)12-5-6-13(15(8-12)23(25)26)10-28-18-21-20-17(11-3-4-11)22(18)9-14-2-1-7-27-14/h1-2,5-8,11H,3-4,9-10H2,(H2,19,24). The monoisotopic (exact) mass is 399 g/mol. The normalized spacial score (nSPS) is 13.6. The summed E-state index contributed by atoms with van der Waals surface area (Å²) in [6.45, 7) is 0.511. The van der Waals surface area contributed by atoms with Gasteiger partial charge in [-0.1, -0.05) is 17.8 Å². The average molecular weight is 399 g/mol. The van der Waals surface area contributed by atoms with Gasteiger partial charge in [-0.15, -0.1) is 10.2 Å². The molecule has 0 spiro atoms. The zero-order valence-electron chi connectivity index (χ0n) is 14.8. The van der Waals surface area contributed by atoms with E-state index in [1.54, 1.807) is 12.3 Å². The molecule has 0 atom stereocenters. The van der Waals surface area contributed by atoms with E-state index in [-0.39, 0.29) is 11.3 Å². The Kier molecular flexibility index (Phi) is 4.86. The molecule has 3 aromatic rings. The van der Waals surface area contributed by atoms with Crippen LogP contribution in [0.4, 0.5) is 5.69 Å². The van der Waals surface area contributed by atoms with E-state index in [0.29, 0.717) is 28.9 Å². The van der Waals surface area contributed by atoms with Crippen molar-refractivity contribution in [1.82, 2.24) is 14.8 Å². The molecule has 1 amide bonds. The van der Waals surface area contributed by atoms with E-state index in [1.165, 1.54) is 23.9 Å². The van der Waals surface area contributed by atoms with Gasteiger partial charge in [-0.3, -0.25) is 19.5 Å². The molecule has 0 bridgehead atoms. The topological polar surface area (TPSA) is 130 Å². The highest BCUT2D eigenvalue weighted by Gasteiger charge is 2.31. The Bertz CT molecular complexity index is 1030. The van der Waals surface area contributed by atoms with E-state index in [1.807, 2.05) is 16.7 Å². The Labute approximate surface area is 164 Å². The number of rotatable bonds is 8. The first-order valence-corrected chi connectivity index (χ1v) is 9.67. The lowest BCUT2D eigenvalue weighted by molar-refractivity contribution is -0.385. The van der Waals surface area contributed by atoms with Crippen molar-refractivity contribution >= 4 is 23.4 Å². The molecular formula is C18H17N5O4S. The summed E-state index contributed by atoms with van der Waals surface area (Å²) >= 11 is 1.36. The lowest BCUT2D eigenvalue weighted by atomic mass is 10.1. The largest absolute Gasteiger partial charge is 0.467 e. The van der Waals surface area contributed by atoms with Crippen molar-refractivity contribution in [3.05, 3.63) is 69.4 Å². The van der Waals surface area contributed by atoms with E-state index in [2.05, 4.69) is 10.2 Å². The molecular weight excluding hydrogens is 382 g/mol. The second kappa shape index (κ2) is 7.47. The average Bonchev–Trinajstić information content (AvgIpc) is 3.24. The van der Waals surface area contributed by atoms with E-state index in [9.17, 15) is 14.9 Å². The first-order chi connectivity index (χ1) is 13.5. The summed E-state index contributed by atoms with van der Waals surface area (Å²) in [4.78, 5) is 22.2. The van der Waals surface area contributed by atoms with Crippen molar-refractivity contribution in [3.8, 4) is 0 Å². The van der Waals surface area contributed by atoms with Crippen molar-refractivity contribution in [2.24, 2.45) is 5.73 Å². The van der Waals surface area contributed by atoms with Crippen LogP contribution in [-0.2, 0) is 12.3 Å². The van der Waals surface area contributed by atoms with Crippen molar-refractivity contribution in [1.29, 1.82) is 0 Å². The predicted molar refractivity (Wildman–Crippen MR) is 101 cm³/mol. The molecule has 144 valence electrons. The van der Waals surface area contributed by atoms with Crippen LogP contribution in [0.3, 0.4) is 0 Å². The van der Waals surface area contributed by atoms with Gasteiger partial charge >= 0.3 is 0 Å². The van der Waals surface area contributed by atoms with E-state index in [0.717, 1.165) is 24.4 Å². The zero-order valence-corrected chi connectivity index (χ0v) is 15.6. The second-order valence-electron chi connectivity index (χ2n) is 6.53. The number of carbonyl (C=O) groups excluding carboxylic acids is 1. The summed E-state index contributed by atoms with van der Waals surface area (Å²) in [6.07, 6.45) is 3.79. The maximum Gasteiger partial charge on any atom is 0.274 e. The van der Waals surface area contributed by atoms with Crippen LogP contribution < -0.4 is 5.73 Å². The summed E-state index contributed by atoms with van der Waals surface area (Å²) in [5, 5.41) is 20.7. The minimum absolute atomic E-state index is 0.109. The number of hydrogen-bond donors (Lipinski definition) is 1. The number of primary amides is 1. The third-order valence-corrected chi connectivity index (χ3v) is 5.52. The molecule has 0 saturated heterocycles. The van der Waals surface area contributed by atoms with Crippen LogP contribution in [0.1, 0.15) is 46.3 Å². The summed E-state index contributed by atoms with van der Waals surface area (Å²) < 4.78 is 7.45. The third kappa shape index (κ3) is 3.77. The Morgan fingerprint density at radius 3 is 2.82 bits per heavy atom. The van der Waals surface area contributed by atoms with E-state index >= 15 is 0 Å². The number of carbonyl (C=O) groups is 1. The quantitative estimate of drug-likeness (QED) is 0.350. The first-order valence-electron chi connectivity index (χ1n) is 8.68. The van der Waals surface area contributed by atoms with Crippen molar-refractivity contribution < 1.29 is 14.1 Å². The minimum atomic E-state index is -0.699. The van der Waals surface area contributed by atoms with Crippen LogP contribution in [-0.4, -0.2) is 25.6 Å². The Hall–Kier alpha value is -3.14. The molecule has 1 fully saturated rings. The summed E-state index contributed by atoms with van der Waals surface area (Å²) in [7, 11) is 0. The van der Waals surface area contributed by atoms with E-state index in [4.69, 9.17) is 10.2 Å². The molecule has 28 heavy (non-hydrogen) atoms. The number of nitrogens with two attached hydrogens (primary N) is 1. The van der Waals surface area contributed by atoms with Gasteiger partial charge < -0.3 is 10.2 Å². The number of amides is 1. The highest BCUT2D eigenvalue weighted by atomic mass is 32.2. The molecule has 0 aliphatic heterocycles. The van der Waals surface area contributed by atoms with Gasteiger partial charge in [0.1, 0.15) is 11.6 Å². The molecule has 1 aliphatic rings. The highest BCUT2D eigenvalue weighted by molar-refractivity contribution is 7.98. The molecule has 1 aliphatic carbocycles. The zero-order chi connectivity index (χ0) is 19.7. The van der Waals surface area contributed by atoms with Crippen LogP contribution >= 0.6 is 11.8 Å². The molecule has 10 heteroatoms. The third-order valence-electron chi connectivity index (χ3n) is 4.51. The van der Waals surface area contributed by atoms with E-state index < -0.39 is 10.8 Å². The predicted octanol–water partition coefficient (Wildman–Crippen LogP) is 3.10. The van der Waals surface area contributed by atoms with Crippen LogP contribution in [0.2, 0.25) is 0 Å². The fourth-order valence-corrected chi connectivity index (χ4v) is 3.85. The molecule has 0 unspecified atom stereocenters. The van der Waals surface area contributed by atoms with Gasteiger partial charge in [-0.25, -0.2) is 0 Å². The lowest BCUT2D eigenvalue weighted by Crippen LogP contribution is -2.11. The van der Waals surface area contributed by atoms with Crippen molar-refractivity contribution in [2.45, 2.75) is 36.2 Å². The molecule has 0 radical (unpaired) electrons. The molecule has 2 N–H and O–H groups in total. The van der Waals surface area contributed by atoms with Crippen LogP contribution in [0.5, 0.6) is 0 Å². The van der Waals surface area contributed by atoms with Gasteiger partial charge in [0, 0.05) is 28.9 Å². The summed E-state index contributed by atoms with van der Waals surface area (Å²) in [6, 6.07) is 7.97. The lowest BCUT2D eigenvalue weighted by Gasteiger charge is -2.08. The van der Waals surface area contributed by atoms with Gasteiger partial charge in [0.15, 0.2) is 5.16 Å². The molecule has 1 aromatic carbocycles. The van der Waals surface area contributed by atoms with Gasteiger partial charge in [0.05, 0.1) is 17.7 Å². The van der Waals surface area contributed by atoms with Gasteiger partial charge in [-0.2, -0.15) is 0 Å². The van der Waals surface area contributed by atoms with Crippen LogP contribution in [0.15, 0.2) is 46.2 Å². The number of nitrogens with zero attached hydrogens (tertiary/aromatic N) is 4. The fraction of sp³-hybridized carbons (Fsp3) is 0.278.